The average Bonchev–Trinajstić information content (AvgIpc) is 3.24. The molecule has 1 N–H and O–H groups in total. The lowest BCUT2D eigenvalue weighted by Crippen LogP contribution is -2.11. The van der Waals surface area contributed by atoms with Crippen molar-refractivity contribution in [3.8, 4) is 23.0 Å². The number of hydrogen-bond donors (Lipinski definition) is 1. The summed E-state index contributed by atoms with van der Waals surface area (Å²) >= 11 is 0. The summed E-state index contributed by atoms with van der Waals surface area (Å²) in [6.45, 7) is 0. The van der Waals surface area contributed by atoms with Gasteiger partial charge in [0, 0.05) is 16.8 Å². The maximum absolute atomic E-state index is 12.6. The number of rotatable bonds is 5. The summed E-state index contributed by atoms with van der Waals surface area (Å²) in [5.41, 5.74) is 1.85. The van der Waals surface area contributed by atoms with Crippen LogP contribution >= 0.6 is 0 Å². The van der Waals surface area contributed by atoms with Gasteiger partial charge in [0.25, 0.3) is 5.91 Å². The smallest absolute Gasteiger partial charge is 0.255 e. The van der Waals surface area contributed by atoms with Crippen molar-refractivity contribution in [1.82, 2.24) is 10.2 Å². The van der Waals surface area contributed by atoms with Crippen LogP contribution in [0.15, 0.2) is 89.7 Å². The topological polar surface area (TPSA) is 77.3 Å². The molecule has 0 unspecified atom stereocenters. The summed E-state index contributed by atoms with van der Waals surface area (Å²) < 4.78 is 11.0. The third kappa shape index (κ3) is 4.01. The van der Waals surface area contributed by atoms with Gasteiger partial charge in [-0.3, -0.25) is 4.79 Å². The molecule has 0 saturated carbocycles. The Bertz CT molecular complexity index is 1050. The number of amides is 1. The SMILES string of the molecule is O=C(Nc1cccc(-c2nnco2)c1)c1cccc(Oc2ccccc2)c1. The molecular formula is C21H15N3O3. The first-order chi connectivity index (χ1) is 13.3. The van der Waals surface area contributed by atoms with Crippen LogP contribution in [0.5, 0.6) is 11.5 Å². The Hall–Kier alpha value is -3.93. The van der Waals surface area contributed by atoms with E-state index in [2.05, 4.69) is 15.5 Å². The third-order valence-electron chi connectivity index (χ3n) is 3.80. The Labute approximate surface area is 155 Å². The van der Waals surface area contributed by atoms with E-state index in [-0.39, 0.29) is 5.91 Å². The van der Waals surface area contributed by atoms with Crippen LogP contribution in [0.3, 0.4) is 0 Å². The number of ether oxygens (including phenoxy) is 1. The van der Waals surface area contributed by atoms with Gasteiger partial charge >= 0.3 is 0 Å². The van der Waals surface area contributed by atoms with Gasteiger partial charge in [0.2, 0.25) is 12.3 Å². The molecule has 0 bridgehead atoms. The average molecular weight is 357 g/mol. The van der Waals surface area contributed by atoms with E-state index >= 15 is 0 Å². The minimum absolute atomic E-state index is 0.240. The highest BCUT2D eigenvalue weighted by Crippen LogP contribution is 2.23. The zero-order chi connectivity index (χ0) is 18.5. The molecule has 0 aliphatic carbocycles. The minimum Gasteiger partial charge on any atom is -0.457 e. The van der Waals surface area contributed by atoms with Crippen molar-refractivity contribution in [2.45, 2.75) is 0 Å². The van der Waals surface area contributed by atoms with Crippen molar-refractivity contribution in [2.75, 3.05) is 5.32 Å². The summed E-state index contributed by atoms with van der Waals surface area (Å²) in [5.74, 6) is 1.45. The molecule has 0 aliphatic rings. The van der Waals surface area contributed by atoms with Gasteiger partial charge in [0.15, 0.2) is 0 Å². The second kappa shape index (κ2) is 7.53. The highest BCUT2D eigenvalue weighted by molar-refractivity contribution is 6.04. The molecule has 0 atom stereocenters. The molecule has 0 radical (unpaired) electrons. The van der Waals surface area contributed by atoms with Crippen molar-refractivity contribution in [3.05, 3.63) is 90.8 Å². The van der Waals surface area contributed by atoms with Gasteiger partial charge in [-0.25, -0.2) is 0 Å². The zero-order valence-electron chi connectivity index (χ0n) is 14.2. The number of carbonyl (C=O) groups excluding carboxylic acids is 1. The molecule has 132 valence electrons. The Balaban J connectivity index is 1.50. The molecular weight excluding hydrogens is 342 g/mol. The molecule has 0 saturated heterocycles. The van der Waals surface area contributed by atoms with Crippen molar-refractivity contribution < 1.29 is 13.9 Å². The van der Waals surface area contributed by atoms with Gasteiger partial charge in [-0.2, -0.15) is 0 Å². The molecule has 3 aromatic carbocycles. The molecule has 1 amide bonds. The third-order valence-corrected chi connectivity index (χ3v) is 3.80. The summed E-state index contributed by atoms with van der Waals surface area (Å²) in [6.07, 6.45) is 1.26. The normalized spacial score (nSPS) is 10.4. The van der Waals surface area contributed by atoms with Gasteiger partial charge < -0.3 is 14.5 Å². The van der Waals surface area contributed by atoms with Crippen LogP contribution in [0.4, 0.5) is 5.69 Å². The van der Waals surface area contributed by atoms with Crippen LogP contribution in [0.2, 0.25) is 0 Å². The molecule has 0 aliphatic heterocycles. The van der Waals surface area contributed by atoms with E-state index in [1.807, 2.05) is 42.5 Å². The fourth-order valence-electron chi connectivity index (χ4n) is 2.56. The molecule has 4 aromatic rings. The van der Waals surface area contributed by atoms with Crippen LogP contribution in [0, 0.1) is 0 Å². The molecule has 1 aromatic heterocycles. The fourth-order valence-corrected chi connectivity index (χ4v) is 2.56. The van der Waals surface area contributed by atoms with Crippen LogP contribution < -0.4 is 10.1 Å². The fraction of sp³-hybridized carbons (Fsp3) is 0. The van der Waals surface area contributed by atoms with Crippen molar-refractivity contribution in [3.63, 3.8) is 0 Å². The van der Waals surface area contributed by atoms with Crippen LogP contribution in [-0.2, 0) is 0 Å². The maximum Gasteiger partial charge on any atom is 0.255 e. The second-order valence-corrected chi connectivity index (χ2v) is 5.72. The van der Waals surface area contributed by atoms with E-state index in [9.17, 15) is 4.79 Å². The van der Waals surface area contributed by atoms with Gasteiger partial charge in [-0.1, -0.05) is 30.3 Å². The Kier molecular flexibility index (Phi) is 4.61. The monoisotopic (exact) mass is 357 g/mol. The van der Waals surface area contributed by atoms with Crippen LogP contribution in [-0.4, -0.2) is 16.1 Å². The number of benzene rings is 3. The summed E-state index contributed by atoms with van der Waals surface area (Å²) in [6, 6.07) is 23.6. The Morgan fingerprint density at radius 1 is 0.889 bits per heavy atom. The molecule has 6 nitrogen and oxygen atoms in total. The zero-order valence-corrected chi connectivity index (χ0v) is 14.2. The highest BCUT2D eigenvalue weighted by atomic mass is 16.5. The number of hydrogen-bond acceptors (Lipinski definition) is 5. The van der Waals surface area contributed by atoms with Gasteiger partial charge in [-0.05, 0) is 48.5 Å². The quantitative estimate of drug-likeness (QED) is 0.556. The summed E-state index contributed by atoms with van der Waals surface area (Å²) in [5, 5.41) is 10.4. The number of carbonyl (C=O) groups is 1. The van der Waals surface area contributed by atoms with Gasteiger partial charge in [-0.15, -0.1) is 10.2 Å². The lowest BCUT2D eigenvalue weighted by molar-refractivity contribution is 0.102. The van der Waals surface area contributed by atoms with Crippen molar-refractivity contribution in [1.29, 1.82) is 0 Å². The first-order valence-corrected chi connectivity index (χ1v) is 8.29. The number of nitrogens with zero attached hydrogens (tertiary/aromatic N) is 2. The van der Waals surface area contributed by atoms with E-state index in [0.717, 1.165) is 5.56 Å². The van der Waals surface area contributed by atoms with Crippen LogP contribution in [0.1, 0.15) is 10.4 Å². The number of aromatic nitrogens is 2. The predicted molar refractivity (Wildman–Crippen MR) is 101 cm³/mol. The number of para-hydroxylation sites is 1. The molecule has 0 fully saturated rings. The van der Waals surface area contributed by atoms with Gasteiger partial charge in [0.1, 0.15) is 11.5 Å². The largest absolute Gasteiger partial charge is 0.457 e. The summed E-state index contributed by atoms with van der Waals surface area (Å²) in [4.78, 5) is 12.6. The molecule has 4 rings (SSSR count). The predicted octanol–water partition coefficient (Wildman–Crippen LogP) is 4.78. The van der Waals surface area contributed by atoms with E-state index in [1.165, 1.54) is 6.39 Å². The molecule has 6 heteroatoms. The maximum atomic E-state index is 12.6. The number of anilines is 1. The first-order valence-electron chi connectivity index (χ1n) is 8.29. The Morgan fingerprint density at radius 2 is 1.70 bits per heavy atom. The standard InChI is InChI=1S/C21H15N3O3/c25-20(23-17-8-4-7-16(12-17)21-24-22-14-26-21)15-6-5-11-19(13-15)27-18-9-2-1-3-10-18/h1-14H,(H,23,25). The molecule has 1 heterocycles. The van der Waals surface area contributed by atoms with E-state index in [4.69, 9.17) is 9.15 Å². The van der Waals surface area contributed by atoms with E-state index in [0.29, 0.717) is 28.6 Å². The minimum atomic E-state index is -0.240. The lowest BCUT2D eigenvalue weighted by atomic mass is 10.1. The molecule has 27 heavy (non-hydrogen) atoms. The molecule has 0 spiro atoms. The second-order valence-electron chi connectivity index (χ2n) is 5.72. The lowest BCUT2D eigenvalue weighted by Gasteiger charge is -2.09. The van der Waals surface area contributed by atoms with E-state index < -0.39 is 0 Å². The van der Waals surface area contributed by atoms with Crippen molar-refractivity contribution in [2.24, 2.45) is 0 Å². The highest BCUT2D eigenvalue weighted by Gasteiger charge is 2.10. The van der Waals surface area contributed by atoms with Gasteiger partial charge in [0.05, 0.1) is 0 Å². The number of nitrogens with one attached hydrogen (secondary N) is 1. The Morgan fingerprint density at radius 3 is 2.52 bits per heavy atom. The van der Waals surface area contributed by atoms with Crippen molar-refractivity contribution >= 4 is 11.6 Å². The first kappa shape index (κ1) is 16.5. The van der Waals surface area contributed by atoms with Crippen LogP contribution in [0.25, 0.3) is 11.5 Å². The summed E-state index contributed by atoms with van der Waals surface area (Å²) in [7, 11) is 0. The van der Waals surface area contributed by atoms with E-state index in [1.54, 1.807) is 36.4 Å².